The summed E-state index contributed by atoms with van der Waals surface area (Å²) in [5.74, 6) is 1.76. The Morgan fingerprint density at radius 1 is 0.962 bits per heavy atom. The number of ether oxygens (including phenoxy) is 2. The lowest BCUT2D eigenvalue weighted by molar-refractivity contribution is -0.191. The summed E-state index contributed by atoms with van der Waals surface area (Å²) in [6, 6.07) is 12.3. The molecule has 0 radical (unpaired) electrons. The van der Waals surface area contributed by atoms with E-state index < -0.39 is 0 Å². The lowest BCUT2D eigenvalue weighted by Gasteiger charge is -2.11. The molecule has 0 atom stereocenters. The normalized spacial score (nSPS) is 9.69. The minimum absolute atomic E-state index is 0.250. The predicted molar refractivity (Wildman–Crippen MR) is 101 cm³/mol. The van der Waals surface area contributed by atoms with E-state index >= 15 is 0 Å². The third-order valence-electron chi connectivity index (χ3n) is 4.07. The molecule has 0 unspecified atom stereocenters. The molecule has 2 aromatic carbocycles. The summed E-state index contributed by atoms with van der Waals surface area (Å²) in [6.45, 7) is 4.18. The van der Waals surface area contributed by atoms with Gasteiger partial charge in [-0.1, -0.05) is 18.2 Å². The summed E-state index contributed by atoms with van der Waals surface area (Å²) >= 11 is 1.50. The molecule has 0 aliphatic rings. The summed E-state index contributed by atoms with van der Waals surface area (Å²) in [6.07, 6.45) is 2.17. The van der Waals surface area contributed by atoms with Crippen LogP contribution in [0.1, 0.15) is 11.1 Å². The summed E-state index contributed by atoms with van der Waals surface area (Å²) in [7, 11) is 3.39. The van der Waals surface area contributed by atoms with Gasteiger partial charge in [0.05, 0.1) is 19.1 Å². The number of nitrogens with zero attached hydrogens (tertiary/aromatic N) is 1. The number of hydrogen-bond acceptors (Lipinski definition) is 6. The van der Waals surface area contributed by atoms with Gasteiger partial charge in [0.2, 0.25) is 0 Å². The summed E-state index contributed by atoms with van der Waals surface area (Å²) < 4.78 is 15.1. The molecule has 5 nitrogen and oxygen atoms in total. The first-order valence-electron chi connectivity index (χ1n) is 7.79. The number of hydrogen-bond donors (Lipinski definition) is 0. The van der Waals surface area contributed by atoms with Crippen molar-refractivity contribution in [2.45, 2.75) is 13.8 Å². The monoisotopic (exact) mass is 369 g/mol. The Labute approximate surface area is 156 Å². The largest absolute Gasteiger partial charge is 0.497 e. The first-order chi connectivity index (χ1) is 12.5. The van der Waals surface area contributed by atoms with E-state index in [4.69, 9.17) is 19.1 Å². The summed E-state index contributed by atoms with van der Waals surface area (Å²) in [5.41, 5.74) is 5.79. The minimum atomic E-state index is 0.250. The highest BCUT2D eigenvalue weighted by molar-refractivity contribution is 7.10. The average Bonchev–Trinajstić information content (AvgIpc) is 3.14. The molecule has 0 N–H and O–H groups in total. The molecule has 0 saturated carbocycles. The van der Waals surface area contributed by atoms with Gasteiger partial charge in [-0.3, -0.25) is 0 Å². The molecule has 0 bridgehead atoms. The molecule has 1 aromatic heterocycles. The molecule has 1 heterocycles. The van der Waals surface area contributed by atoms with Crippen LogP contribution in [0.25, 0.3) is 21.6 Å². The third-order valence-corrected chi connectivity index (χ3v) is 4.92. The number of methoxy groups -OCH3 is 2. The van der Waals surface area contributed by atoms with E-state index in [-0.39, 0.29) is 6.15 Å². The van der Waals surface area contributed by atoms with Gasteiger partial charge in [0.25, 0.3) is 0 Å². The van der Waals surface area contributed by atoms with Gasteiger partial charge in [-0.2, -0.15) is 14.0 Å². The number of benzene rings is 2. The third kappa shape index (κ3) is 4.17. The van der Waals surface area contributed by atoms with Crippen molar-refractivity contribution in [3.05, 3.63) is 53.7 Å². The van der Waals surface area contributed by atoms with E-state index in [0.717, 1.165) is 33.1 Å². The van der Waals surface area contributed by atoms with E-state index in [1.807, 2.05) is 18.3 Å². The Morgan fingerprint density at radius 2 is 1.62 bits per heavy atom. The Morgan fingerprint density at radius 3 is 2.19 bits per heavy atom. The van der Waals surface area contributed by atoms with Crippen molar-refractivity contribution in [3.63, 3.8) is 0 Å². The van der Waals surface area contributed by atoms with Gasteiger partial charge in [0.15, 0.2) is 0 Å². The number of carbonyl (C=O) groups excluding carboxylic acids is 2. The van der Waals surface area contributed by atoms with Crippen LogP contribution < -0.4 is 9.47 Å². The van der Waals surface area contributed by atoms with Crippen molar-refractivity contribution in [1.29, 1.82) is 0 Å². The van der Waals surface area contributed by atoms with Gasteiger partial charge in [-0.25, -0.2) is 0 Å². The Hall–Kier alpha value is -2.95. The molecule has 0 spiro atoms. The highest BCUT2D eigenvalue weighted by atomic mass is 32.1. The van der Waals surface area contributed by atoms with Crippen molar-refractivity contribution in [2.75, 3.05) is 14.2 Å². The van der Waals surface area contributed by atoms with Gasteiger partial charge in [-0.15, -0.1) is 0 Å². The fourth-order valence-electron chi connectivity index (χ4n) is 2.59. The molecule has 3 rings (SSSR count). The lowest BCUT2D eigenvalue weighted by Crippen LogP contribution is -1.91. The number of aromatic nitrogens is 1. The fraction of sp³-hybridized carbons (Fsp3) is 0.200. The first-order valence-corrected chi connectivity index (χ1v) is 8.57. The minimum Gasteiger partial charge on any atom is -0.497 e. The highest BCUT2D eigenvalue weighted by Gasteiger charge is 2.13. The lowest BCUT2D eigenvalue weighted by atomic mass is 9.99. The van der Waals surface area contributed by atoms with Gasteiger partial charge < -0.3 is 9.47 Å². The maximum absolute atomic E-state index is 8.12. The molecule has 0 fully saturated rings. The standard InChI is InChI=1S/C19H19NO2S.CO2/c1-12-9-15(10-18(22-4)13(12)2)19-17(11-20-23-19)14-5-7-16(21-3)8-6-14;2-1-3/h5-11H,1-4H3;. The summed E-state index contributed by atoms with van der Waals surface area (Å²) in [4.78, 5) is 17.4. The van der Waals surface area contributed by atoms with Gasteiger partial charge in [0, 0.05) is 11.8 Å². The summed E-state index contributed by atoms with van der Waals surface area (Å²) in [5, 5.41) is 0. The van der Waals surface area contributed by atoms with Crippen LogP contribution in [0.2, 0.25) is 0 Å². The van der Waals surface area contributed by atoms with Crippen LogP contribution in [0.3, 0.4) is 0 Å². The molecule has 6 heteroatoms. The van der Waals surface area contributed by atoms with Crippen LogP contribution in [-0.2, 0) is 9.59 Å². The quantitative estimate of drug-likeness (QED) is 0.676. The van der Waals surface area contributed by atoms with E-state index in [2.05, 4.69) is 42.5 Å². The number of aryl methyl sites for hydroxylation is 1. The van der Waals surface area contributed by atoms with Crippen molar-refractivity contribution in [1.82, 2.24) is 4.37 Å². The Balaban J connectivity index is 0.000000758. The maximum atomic E-state index is 8.12. The Kier molecular flexibility index (Phi) is 6.67. The van der Waals surface area contributed by atoms with Crippen LogP contribution >= 0.6 is 11.5 Å². The van der Waals surface area contributed by atoms with Gasteiger partial charge in [-0.05, 0) is 65.8 Å². The fourth-order valence-corrected chi connectivity index (χ4v) is 3.35. The molecular formula is C20H19NO4S. The highest BCUT2D eigenvalue weighted by Crippen LogP contribution is 2.38. The molecule has 134 valence electrons. The van der Waals surface area contributed by atoms with Crippen molar-refractivity contribution < 1.29 is 19.1 Å². The van der Waals surface area contributed by atoms with E-state index in [0.29, 0.717) is 0 Å². The molecule has 0 aliphatic heterocycles. The SMILES string of the molecule is COc1ccc(-c2cnsc2-c2cc(C)c(C)c(OC)c2)cc1.O=C=O. The zero-order valence-electron chi connectivity index (χ0n) is 15.0. The van der Waals surface area contributed by atoms with Crippen LogP contribution in [-0.4, -0.2) is 24.7 Å². The van der Waals surface area contributed by atoms with Gasteiger partial charge in [0.1, 0.15) is 11.5 Å². The number of rotatable bonds is 4. The van der Waals surface area contributed by atoms with Gasteiger partial charge >= 0.3 is 6.15 Å². The zero-order chi connectivity index (χ0) is 19.1. The van der Waals surface area contributed by atoms with Crippen LogP contribution in [0.4, 0.5) is 0 Å². The zero-order valence-corrected chi connectivity index (χ0v) is 15.8. The van der Waals surface area contributed by atoms with E-state index in [1.54, 1.807) is 14.2 Å². The topological polar surface area (TPSA) is 65.5 Å². The second-order valence-electron chi connectivity index (χ2n) is 5.50. The van der Waals surface area contributed by atoms with Crippen LogP contribution in [0, 0.1) is 13.8 Å². The molecular weight excluding hydrogens is 350 g/mol. The molecule has 0 saturated heterocycles. The maximum Gasteiger partial charge on any atom is 0.373 e. The molecule has 0 aliphatic carbocycles. The Bertz CT molecular complexity index is 910. The molecule has 0 amide bonds. The van der Waals surface area contributed by atoms with Crippen LogP contribution in [0.5, 0.6) is 11.5 Å². The van der Waals surface area contributed by atoms with Crippen molar-refractivity contribution in [3.8, 4) is 33.1 Å². The average molecular weight is 369 g/mol. The molecule has 26 heavy (non-hydrogen) atoms. The second-order valence-corrected chi connectivity index (χ2v) is 6.30. The van der Waals surface area contributed by atoms with Crippen molar-refractivity contribution >= 4 is 17.7 Å². The predicted octanol–water partition coefficient (Wildman–Crippen LogP) is 4.53. The second kappa shape index (κ2) is 8.94. The van der Waals surface area contributed by atoms with Crippen molar-refractivity contribution in [2.24, 2.45) is 0 Å². The van der Waals surface area contributed by atoms with E-state index in [9.17, 15) is 0 Å². The van der Waals surface area contributed by atoms with Crippen LogP contribution in [0.15, 0.2) is 42.6 Å². The smallest absolute Gasteiger partial charge is 0.373 e. The first kappa shape index (κ1) is 19.4. The molecule has 3 aromatic rings. The van der Waals surface area contributed by atoms with E-state index in [1.165, 1.54) is 22.7 Å².